The molecule has 184 valence electrons. The Morgan fingerprint density at radius 1 is 1.06 bits per heavy atom. The number of thiocarbonyl (C=S) groups is 1. The highest BCUT2D eigenvalue weighted by atomic mass is 79.9. The van der Waals surface area contributed by atoms with Crippen LogP contribution in [0, 0.1) is 5.92 Å². The highest BCUT2D eigenvalue weighted by molar-refractivity contribution is 9.11. The maximum atomic E-state index is 13.1. The number of methoxy groups -OCH3 is 1. The van der Waals surface area contributed by atoms with Crippen LogP contribution in [0.25, 0.3) is 0 Å². The van der Waals surface area contributed by atoms with Gasteiger partial charge in [-0.3, -0.25) is 14.5 Å². The van der Waals surface area contributed by atoms with E-state index in [1.165, 1.54) is 4.90 Å². The van der Waals surface area contributed by atoms with Crippen LogP contribution >= 0.6 is 28.1 Å². The number of halogens is 1. The lowest BCUT2D eigenvalue weighted by Gasteiger charge is -2.36. The molecule has 0 aromatic heterocycles. The molecule has 2 heterocycles. The van der Waals surface area contributed by atoms with Crippen LogP contribution in [0.15, 0.2) is 76.2 Å². The Kier molecular flexibility index (Phi) is 7.02. The molecular formula is C27H25BrN4O3S. The molecule has 2 amide bonds. The summed E-state index contributed by atoms with van der Waals surface area (Å²) in [5, 5.41) is 0.261. The predicted molar refractivity (Wildman–Crippen MR) is 148 cm³/mol. The van der Waals surface area contributed by atoms with Crippen LogP contribution in [0.2, 0.25) is 0 Å². The molecule has 1 unspecified atom stereocenters. The van der Waals surface area contributed by atoms with Crippen molar-refractivity contribution in [1.29, 1.82) is 0 Å². The Balaban J connectivity index is 1.20. The second-order valence-corrected chi connectivity index (χ2v) is 10.1. The van der Waals surface area contributed by atoms with Crippen molar-refractivity contribution in [3.63, 3.8) is 0 Å². The summed E-state index contributed by atoms with van der Waals surface area (Å²) in [6, 6.07) is 15.4. The number of fused-ring (bicyclic) bond motifs is 1. The van der Waals surface area contributed by atoms with E-state index < -0.39 is 5.92 Å². The molecular weight excluding hydrogens is 540 g/mol. The molecule has 0 saturated carbocycles. The fourth-order valence-electron chi connectivity index (χ4n) is 4.53. The summed E-state index contributed by atoms with van der Waals surface area (Å²) in [4.78, 5) is 36.3. The predicted octanol–water partition coefficient (Wildman–Crippen LogP) is 4.19. The quantitative estimate of drug-likeness (QED) is 0.509. The normalized spacial score (nSPS) is 19.6. The Hall–Kier alpha value is -3.30. The van der Waals surface area contributed by atoms with Gasteiger partial charge in [0.25, 0.3) is 5.91 Å². The van der Waals surface area contributed by atoms with Crippen LogP contribution in [0.1, 0.15) is 15.9 Å². The van der Waals surface area contributed by atoms with E-state index >= 15 is 0 Å². The average molecular weight is 565 g/mol. The highest BCUT2D eigenvalue weighted by Gasteiger charge is 2.34. The summed E-state index contributed by atoms with van der Waals surface area (Å²) in [6.45, 7) is 3.17. The van der Waals surface area contributed by atoms with E-state index in [1.54, 1.807) is 7.11 Å². The molecule has 0 spiro atoms. The molecule has 2 aromatic rings. The van der Waals surface area contributed by atoms with Crippen molar-refractivity contribution in [3.8, 4) is 5.75 Å². The molecule has 9 heteroatoms. The molecule has 7 nitrogen and oxygen atoms in total. The number of carbonyl (C=O) groups is 2. The molecule has 5 rings (SSSR count). The third kappa shape index (κ3) is 4.99. The van der Waals surface area contributed by atoms with Gasteiger partial charge in [-0.2, -0.15) is 0 Å². The Labute approximate surface area is 223 Å². The molecule has 1 saturated heterocycles. The third-order valence-corrected chi connectivity index (χ3v) is 7.43. The number of allylic oxidation sites excluding steroid dienone is 3. The summed E-state index contributed by atoms with van der Waals surface area (Å²) >= 11 is 8.82. The van der Waals surface area contributed by atoms with Gasteiger partial charge < -0.3 is 14.5 Å². The number of carbonyl (C=O) groups excluding carboxylic acids is 2. The topological polar surface area (TPSA) is 65.5 Å². The number of hydrogen-bond donors (Lipinski definition) is 0. The fraction of sp³-hybridized carbons (Fsp3) is 0.259. The van der Waals surface area contributed by atoms with E-state index in [0.717, 1.165) is 34.6 Å². The van der Waals surface area contributed by atoms with Crippen molar-refractivity contribution in [3.05, 3.63) is 82.4 Å². The maximum absolute atomic E-state index is 13.1. The first-order chi connectivity index (χ1) is 17.4. The zero-order valence-corrected chi connectivity index (χ0v) is 22.2. The third-order valence-electron chi connectivity index (χ3n) is 6.59. The van der Waals surface area contributed by atoms with E-state index in [2.05, 4.69) is 25.8 Å². The second-order valence-electron chi connectivity index (χ2n) is 8.78. The van der Waals surface area contributed by atoms with E-state index in [9.17, 15) is 9.59 Å². The van der Waals surface area contributed by atoms with Crippen molar-refractivity contribution in [2.75, 3.05) is 38.2 Å². The maximum Gasteiger partial charge on any atom is 0.253 e. The first kappa shape index (κ1) is 24.4. The first-order valence-electron chi connectivity index (χ1n) is 11.7. The molecule has 1 aliphatic carbocycles. The number of ether oxygens (including phenoxy) is 1. The van der Waals surface area contributed by atoms with Crippen LogP contribution in [0.3, 0.4) is 0 Å². The summed E-state index contributed by atoms with van der Waals surface area (Å²) in [7, 11) is 1.66. The van der Waals surface area contributed by atoms with Crippen molar-refractivity contribution in [2.45, 2.75) is 6.54 Å². The van der Waals surface area contributed by atoms with Crippen molar-refractivity contribution >= 4 is 56.5 Å². The molecule has 0 N–H and O–H groups in total. The van der Waals surface area contributed by atoms with Crippen LogP contribution in [-0.4, -0.2) is 65.7 Å². The molecule has 1 atom stereocenters. The van der Waals surface area contributed by atoms with E-state index in [4.69, 9.17) is 17.0 Å². The lowest BCUT2D eigenvalue weighted by atomic mass is 9.95. The van der Waals surface area contributed by atoms with Crippen molar-refractivity contribution in [1.82, 2.24) is 9.80 Å². The second kappa shape index (κ2) is 10.4. The Bertz CT molecular complexity index is 1280. The van der Waals surface area contributed by atoms with Crippen LogP contribution in [-0.2, 0) is 11.3 Å². The van der Waals surface area contributed by atoms with Gasteiger partial charge in [0.05, 0.1) is 19.4 Å². The smallest absolute Gasteiger partial charge is 0.253 e. The Morgan fingerprint density at radius 3 is 2.42 bits per heavy atom. The molecule has 36 heavy (non-hydrogen) atoms. The van der Waals surface area contributed by atoms with Gasteiger partial charge in [-0.05, 0) is 66.3 Å². The largest absolute Gasteiger partial charge is 0.497 e. The van der Waals surface area contributed by atoms with Gasteiger partial charge in [0.1, 0.15) is 11.7 Å². The van der Waals surface area contributed by atoms with Gasteiger partial charge in [0.15, 0.2) is 0 Å². The first-order valence-corrected chi connectivity index (χ1v) is 12.9. The van der Waals surface area contributed by atoms with Gasteiger partial charge in [-0.1, -0.05) is 34.1 Å². The lowest BCUT2D eigenvalue weighted by molar-refractivity contribution is -0.128. The van der Waals surface area contributed by atoms with E-state index in [0.29, 0.717) is 30.9 Å². The van der Waals surface area contributed by atoms with Crippen molar-refractivity contribution in [2.24, 2.45) is 10.9 Å². The van der Waals surface area contributed by atoms with Gasteiger partial charge in [0, 0.05) is 41.9 Å². The molecule has 2 aromatic carbocycles. The minimum Gasteiger partial charge on any atom is -0.497 e. The number of anilines is 1. The lowest BCUT2D eigenvalue weighted by Crippen LogP contribution is -2.48. The van der Waals surface area contributed by atoms with Crippen LogP contribution in [0.4, 0.5) is 5.69 Å². The van der Waals surface area contributed by atoms with Crippen LogP contribution in [0.5, 0.6) is 5.75 Å². The molecule has 0 bridgehead atoms. The zero-order chi connectivity index (χ0) is 25.2. The standard InChI is InChI=1S/C27H25BrN4O3S/c1-35-22-9-7-21(8-10-22)30-12-14-31(15-13-30)25(33)19-4-2-18(3-5-19)17-32-26(34)23-16-20(28)6-11-24(23)29-27(32)36/h2-11,16,23H,12-15,17H2,1H3. The number of hydrogen-bond acceptors (Lipinski definition) is 5. The number of aliphatic imine (C=N–C) groups is 1. The van der Waals surface area contributed by atoms with Gasteiger partial charge in [0.2, 0.25) is 11.0 Å². The summed E-state index contributed by atoms with van der Waals surface area (Å²) in [5.74, 6) is 0.310. The number of benzene rings is 2. The average Bonchev–Trinajstić information content (AvgIpc) is 2.92. The van der Waals surface area contributed by atoms with E-state index in [1.807, 2.05) is 71.7 Å². The van der Waals surface area contributed by atoms with Crippen molar-refractivity contribution < 1.29 is 14.3 Å². The highest BCUT2D eigenvalue weighted by Crippen LogP contribution is 2.26. The number of nitrogens with zero attached hydrogens (tertiary/aromatic N) is 4. The van der Waals surface area contributed by atoms with Gasteiger partial charge in [-0.15, -0.1) is 0 Å². The number of rotatable bonds is 5. The zero-order valence-electron chi connectivity index (χ0n) is 19.8. The Morgan fingerprint density at radius 2 is 1.75 bits per heavy atom. The minimum atomic E-state index is -0.437. The molecule has 2 aliphatic heterocycles. The van der Waals surface area contributed by atoms with Crippen LogP contribution < -0.4 is 9.64 Å². The van der Waals surface area contributed by atoms with Gasteiger partial charge in [-0.25, -0.2) is 4.99 Å². The fourth-order valence-corrected chi connectivity index (χ4v) is 5.19. The summed E-state index contributed by atoms with van der Waals surface area (Å²) in [6.07, 6.45) is 5.51. The minimum absolute atomic E-state index is 0.0127. The summed E-state index contributed by atoms with van der Waals surface area (Å²) < 4.78 is 6.08. The molecule has 0 radical (unpaired) electrons. The van der Waals surface area contributed by atoms with Gasteiger partial charge >= 0.3 is 0 Å². The summed E-state index contributed by atoms with van der Waals surface area (Å²) in [5.41, 5.74) is 3.31. The number of piperazine rings is 1. The SMILES string of the molecule is COc1ccc(N2CCN(C(=O)c3ccc(CN4C(=O)C5C=C(Br)C=CC5=NC4=S)cc3)CC2)cc1. The number of amides is 2. The molecule has 3 aliphatic rings. The van der Waals surface area contributed by atoms with E-state index in [-0.39, 0.29) is 16.9 Å². The monoisotopic (exact) mass is 564 g/mol. The molecule has 1 fully saturated rings.